The minimum Gasteiger partial charge on any atom is -0.496 e. The van der Waals surface area contributed by atoms with Crippen molar-refractivity contribution in [2.45, 2.75) is 23.9 Å². The number of hydrogen-bond acceptors (Lipinski definition) is 9. The van der Waals surface area contributed by atoms with E-state index >= 15 is 0 Å². The molecule has 0 aliphatic heterocycles. The second-order valence-corrected chi connectivity index (χ2v) is 8.67. The summed E-state index contributed by atoms with van der Waals surface area (Å²) in [5.41, 5.74) is 0.994. The Kier molecular flexibility index (Phi) is 7.06. The number of anilines is 1. The van der Waals surface area contributed by atoms with Crippen LogP contribution in [0.5, 0.6) is 5.75 Å². The molecule has 158 valence electrons. The monoisotopic (exact) mass is 446 g/mol. The van der Waals surface area contributed by atoms with Gasteiger partial charge in [-0.3, -0.25) is 14.3 Å². The molecular weight excluding hydrogens is 424 g/mol. The number of rotatable bonds is 8. The molecule has 0 amide bonds. The van der Waals surface area contributed by atoms with E-state index < -0.39 is 11.2 Å². The lowest BCUT2D eigenvalue weighted by Gasteiger charge is -2.16. The Balaban J connectivity index is 1.81. The predicted molar refractivity (Wildman–Crippen MR) is 120 cm³/mol. The van der Waals surface area contributed by atoms with Crippen molar-refractivity contribution in [1.29, 1.82) is 0 Å². The molecule has 1 aromatic carbocycles. The molecule has 0 spiro atoms. The van der Waals surface area contributed by atoms with Crippen LogP contribution in [0.3, 0.4) is 0 Å². The van der Waals surface area contributed by atoms with E-state index in [1.54, 1.807) is 41.4 Å². The normalized spacial score (nSPS) is 11.2. The highest BCUT2D eigenvalue weighted by Crippen LogP contribution is 2.30. The molecule has 9 nitrogen and oxygen atoms in total. The Hall–Kier alpha value is -2.92. The summed E-state index contributed by atoms with van der Waals surface area (Å²) in [6.45, 7) is 4.29. The minimum atomic E-state index is -0.484. The van der Waals surface area contributed by atoms with Crippen molar-refractivity contribution >= 4 is 35.1 Å². The minimum absolute atomic E-state index is 0.345. The standard InChI is InChI=1S/C19H22N6O3S2/c1-5-25(16-9-17(26)24(3)18(27)21-16)20-10-13-6-7-15(28-4)14(8-13)11-29-19-23-22-12(2)30-19/h6-10H,5,11H2,1-4H3,(H,21,27)/b20-10+. The van der Waals surface area contributed by atoms with E-state index in [1.807, 2.05) is 32.0 Å². The number of hydrogen-bond donors (Lipinski definition) is 1. The van der Waals surface area contributed by atoms with Gasteiger partial charge in [0.1, 0.15) is 16.6 Å². The zero-order valence-electron chi connectivity index (χ0n) is 17.1. The summed E-state index contributed by atoms with van der Waals surface area (Å²) in [5.74, 6) is 1.81. The molecule has 0 saturated carbocycles. The van der Waals surface area contributed by atoms with Crippen LogP contribution in [0.4, 0.5) is 5.82 Å². The van der Waals surface area contributed by atoms with Crippen molar-refractivity contribution in [1.82, 2.24) is 19.7 Å². The van der Waals surface area contributed by atoms with E-state index in [0.717, 1.165) is 30.8 Å². The number of nitrogens with one attached hydrogen (secondary N) is 1. The molecule has 11 heteroatoms. The molecule has 30 heavy (non-hydrogen) atoms. The second-order valence-electron chi connectivity index (χ2n) is 6.26. The molecule has 0 saturated heterocycles. The van der Waals surface area contributed by atoms with Crippen molar-refractivity contribution in [3.8, 4) is 5.75 Å². The Bertz CT molecular complexity index is 1140. The Morgan fingerprint density at radius 3 is 2.77 bits per heavy atom. The molecule has 1 N–H and O–H groups in total. The highest BCUT2D eigenvalue weighted by atomic mass is 32.2. The van der Waals surface area contributed by atoms with E-state index in [-0.39, 0.29) is 0 Å². The molecule has 0 unspecified atom stereocenters. The largest absolute Gasteiger partial charge is 0.496 e. The van der Waals surface area contributed by atoms with Crippen molar-refractivity contribution in [3.05, 3.63) is 61.2 Å². The highest BCUT2D eigenvalue weighted by Gasteiger charge is 2.09. The molecule has 0 atom stereocenters. The van der Waals surface area contributed by atoms with Crippen LogP contribution in [0, 0.1) is 6.92 Å². The van der Waals surface area contributed by atoms with Crippen molar-refractivity contribution in [2.24, 2.45) is 12.1 Å². The summed E-state index contributed by atoms with van der Waals surface area (Å²) in [6, 6.07) is 7.12. The molecular formula is C19H22N6O3S2. The topological polar surface area (TPSA) is 105 Å². The van der Waals surface area contributed by atoms with E-state index in [0.29, 0.717) is 18.1 Å². The van der Waals surface area contributed by atoms with E-state index in [2.05, 4.69) is 20.3 Å². The number of ether oxygens (including phenoxy) is 1. The van der Waals surface area contributed by atoms with Crippen LogP contribution >= 0.6 is 23.1 Å². The van der Waals surface area contributed by atoms with Crippen LogP contribution < -0.4 is 21.0 Å². The molecule has 0 aliphatic rings. The number of aryl methyl sites for hydroxylation is 1. The lowest BCUT2D eigenvalue weighted by molar-refractivity contribution is 0.411. The maximum Gasteiger partial charge on any atom is 0.329 e. The van der Waals surface area contributed by atoms with Gasteiger partial charge in [0.2, 0.25) is 0 Å². The molecule has 3 rings (SSSR count). The third-order valence-corrected chi connectivity index (χ3v) is 6.24. The fraction of sp³-hybridized carbons (Fsp3) is 0.316. The molecule has 3 aromatic rings. The molecule has 2 heterocycles. The van der Waals surface area contributed by atoms with Crippen LogP contribution in [-0.2, 0) is 12.8 Å². The summed E-state index contributed by atoms with van der Waals surface area (Å²) < 4.78 is 7.38. The summed E-state index contributed by atoms with van der Waals surface area (Å²) in [6.07, 6.45) is 1.68. The van der Waals surface area contributed by atoms with E-state index in [1.165, 1.54) is 13.1 Å². The molecule has 0 aliphatic carbocycles. The number of methoxy groups -OCH3 is 1. The molecule has 0 fully saturated rings. The Morgan fingerprint density at radius 1 is 1.33 bits per heavy atom. The summed E-state index contributed by atoms with van der Waals surface area (Å²) in [4.78, 5) is 26.4. The van der Waals surface area contributed by atoms with Crippen LogP contribution in [-0.4, -0.2) is 39.6 Å². The summed E-state index contributed by atoms with van der Waals surface area (Å²) >= 11 is 3.15. The van der Waals surface area contributed by atoms with Crippen LogP contribution in [0.25, 0.3) is 0 Å². The van der Waals surface area contributed by atoms with Gasteiger partial charge in [0.15, 0.2) is 4.34 Å². The number of H-pyrrole nitrogens is 1. The first-order chi connectivity index (χ1) is 14.4. The van der Waals surface area contributed by atoms with Crippen molar-refractivity contribution in [2.75, 3.05) is 18.7 Å². The number of aromatic nitrogens is 4. The van der Waals surface area contributed by atoms with Gasteiger partial charge in [-0.1, -0.05) is 23.1 Å². The number of nitrogens with zero attached hydrogens (tertiary/aromatic N) is 5. The van der Waals surface area contributed by atoms with Gasteiger partial charge >= 0.3 is 5.69 Å². The smallest absolute Gasteiger partial charge is 0.329 e. The second kappa shape index (κ2) is 9.72. The number of benzene rings is 1. The summed E-state index contributed by atoms with van der Waals surface area (Å²) in [7, 11) is 3.06. The van der Waals surface area contributed by atoms with Gasteiger partial charge < -0.3 is 4.74 Å². The highest BCUT2D eigenvalue weighted by molar-refractivity contribution is 8.00. The fourth-order valence-corrected chi connectivity index (χ4v) is 4.39. The predicted octanol–water partition coefficient (Wildman–Crippen LogP) is 2.39. The molecule has 2 aromatic heterocycles. The van der Waals surface area contributed by atoms with Crippen molar-refractivity contribution < 1.29 is 4.74 Å². The van der Waals surface area contributed by atoms with Gasteiger partial charge in [0.25, 0.3) is 5.56 Å². The maximum atomic E-state index is 11.9. The first kappa shape index (κ1) is 21.8. The SMILES string of the molecule is CCN(/N=C/c1ccc(OC)c(CSc2nnc(C)s2)c1)c1cc(=O)n(C)c(=O)[nH]1. The third kappa shape index (κ3) is 5.16. The van der Waals surface area contributed by atoms with Crippen LogP contribution in [0.2, 0.25) is 0 Å². The number of hydrazone groups is 1. The lowest BCUT2D eigenvalue weighted by atomic mass is 10.1. The van der Waals surface area contributed by atoms with Gasteiger partial charge in [0.05, 0.1) is 13.3 Å². The van der Waals surface area contributed by atoms with E-state index in [9.17, 15) is 9.59 Å². The van der Waals surface area contributed by atoms with Crippen molar-refractivity contribution in [3.63, 3.8) is 0 Å². The van der Waals surface area contributed by atoms with Gasteiger partial charge in [-0.2, -0.15) is 5.10 Å². The third-order valence-electron chi connectivity index (χ3n) is 4.22. The van der Waals surface area contributed by atoms with Gasteiger partial charge in [-0.05, 0) is 37.6 Å². The quantitative estimate of drug-likeness (QED) is 0.322. The lowest BCUT2D eigenvalue weighted by Crippen LogP contribution is -2.34. The van der Waals surface area contributed by atoms with Gasteiger partial charge in [-0.15, -0.1) is 10.2 Å². The first-order valence-corrected chi connectivity index (χ1v) is 10.9. The first-order valence-electron chi connectivity index (χ1n) is 9.13. The molecule has 0 bridgehead atoms. The van der Waals surface area contributed by atoms with E-state index in [4.69, 9.17) is 4.74 Å². The van der Waals surface area contributed by atoms with Crippen LogP contribution in [0.1, 0.15) is 23.1 Å². The molecule has 0 radical (unpaired) electrons. The average molecular weight is 447 g/mol. The van der Waals surface area contributed by atoms with Gasteiger partial charge in [0, 0.05) is 31.0 Å². The summed E-state index contributed by atoms with van der Waals surface area (Å²) in [5, 5.41) is 15.1. The Labute approximate surface area is 181 Å². The maximum absolute atomic E-state index is 11.9. The fourth-order valence-electron chi connectivity index (χ4n) is 2.60. The van der Waals surface area contributed by atoms with Gasteiger partial charge in [-0.25, -0.2) is 9.80 Å². The Morgan fingerprint density at radius 2 is 2.13 bits per heavy atom. The van der Waals surface area contributed by atoms with Crippen LogP contribution in [0.15, 0.2) is 43.3 Å². The zero-order valence-corrected chi connectivity index (χ0v) is 18.7. The average Bonchev–Trinajstić information content (AvgIpc) is 3.16. The number of aromatic amines is 1. The zero-order chi connectivity index (χ0) is 21.7. The number of thioether (sulfide) groups is 1.